The van der Waals surface area contributed by atoms with Crippen LogP contribution in [0, 0.1) is 0 Å². The molecule has 4 fully saturated rings. The second-order valence-electron chi connectivity index (χ2n) is 13.8. The molecule has 0 aliphatic carbocycles. The first-order valence-electron chi connectivity index (χ1n) is 13.1. The van der Waals surface area contributed by atoms with Gasteiger partial charge in [0, 0.05) is 59.9 Å². The molecule has 2 atom stereocenters. The Hall–Kier alpha value is -0.0100. The molecule has 0 aromatic carbocycles. The van der Waals surface area contributed by atoms with Crippen LogP contribution in [-0.2, 0) is 9.30 Å². The van der Waals surface area contributed by atoms with Gasteiger partial charge in [-0.25, -0.2) is 14.0 Å². The highest BCUT2D eigenvalue weighted by molar-refractivity contribution is 7.57. The average Bonchev–Trinajstić information content (AvgIpc) is 2.89. The van der Waals surface area contributed by atoms with Crippen molar-refractivity contribution >= 4 is 7.59 Å². The number of nitrogens with one attached hydrogen (secondary N) is 2. The summed E-state index contributed by atoms with van der Waals surface area (Å²) in [5.41, 5.74) is 0.0948. The highest BCUT2D eigenvalue weighted by Gasteiger charge is 2.59. The van der Waals surface area contributed by atoms with Crippen LogP contribution in [-0.4, -0.2) is 87.1 Å². The van der Waals surface area contributed by atoms with Crippen LogP contribution in [0.2, 0.25) is 0 Å². The predicted octanol–water partition coefficient (Wildman–Crippen LogP) is 4.05. The lowest BCUT2D eigenvalue weighted by Crippen LogP contribution is -2.63. The van der Waals surface area contributed by atoms with Crippen LogP contribution in [0.5, 0.6) is 0 Å². The maximum Gasteiger partial charge on any atom is 0.287 e. The molecule has 4 aliphatic rings. The number of nitrogens with zero attached hydrogens (tertiary/aromatic N) is 3. The van der Waals surface area contributed by atoms with Gasteiger partial charge >= 0.3 is 0 Å². The largest absolute Gasteiger partial charge is 0.379 e. The molecule has 7 nitrogen and oxygen atoms in total. The summed E-state index contributed by atoms with van der Waals surface area (Å²) in [6.45, 7) is 24.5. The van der Waals surface area contributed by atoms with Gasteiger partial charge in [0.15, 0.2) is 0 Å². The zero-order valence-electron chi connectivity index (χ0n) is 22.7. The summed E-state index contributed by atoms with van der Waals surface area (Å²) in [6.07, 6.45) is 4.08. The van der Waals surface area contributed by atoms with E-state index in [1.165, 1.54) is 0 Å². The van der Waals surface area contributed by atoms with Gasteiger partial charge in [-0.3, -0.25) is 4.57 Å². The van der Waals surface area contributed by atoms with Crippen molar-refractivity contribution in [3.05, 3.63) is 0 Å². The van der Waals surface area contributed by atoms with Crippen molar-refractivity contribution in [2.24, 2.45) is 0 Å². The Balaban J connectivity index is 1.73. The second kappa shape index (κ2) is 8.54. The molecule has 0 aromatic heterocycles. The third kappa shape index (κ3) is 5.26. The zero-order chi connectivity index (χ0) is 24.4. The quantitative estimate of drug-likeness (QED) is 0.587. The molecule has 4 saturated heterocycles. The number of ether oxygens (including phenoxy) is 1. The molecule has 0 aromatic rings. The fraction of sp³-hybridized carbons (Fsp3) is 1.00. The third-order valence-electron chi connectivity index (χ3n) is 8.03. The van der Waals surface area contributed by atoms with Gasteiger partial charge in [-0.05, 0) is 88.0 Å². The molecule has 192 valence electrons. The monoisotopic (exact) mass is 483 g/mol. The van der Waals surface area contributed by atoms with Crippen molar-refractivity contribution in [2.75, 3.05) is 32.8 Å². The standard InChI is InChI=1S/C25H50N5O2P/c1-19-18-29(20-14-22(2,3)26-23(4,5)15-20)33(31,28-10-12-32-13-11-28)30(19)21-16-24(6,7)27-25(8,9)17-21/h19-21,26-27H,10-18H2,1-9H3. The smallest absolute Gasteiger partial charge is 0.287 e. The third-order valence-corrected chi connectivity index (χ3v) is 11.6. The van der Waals surface area contributed by atoms with Crippen LogP contribution in [0.1, 0.15) is 88.0 Å². The van der Waals surface area contributed by atoms with E-state index >= 15 is 4.57 Å². The molecule has 8 heteroatoms. The van der Waals surface area contributed by atoms with E-state index in [1.54, 1.807) is 0 Å². The van der Waals surface area contributed by atoms with Gasteiger partial charge in [-0.1, -0.05) is 0 Å². The summed E-state index contributed by atoms with van der Waals surface area (Å²) in [5, 5.41) is 7.66. The highest BCUT2D eigenvalue weighted by Crippen LogP contribution is 2.66. The number of morpholine rings is 1. The average molecular weight is 484 g/mol. The first-order chi connectivity index (χ1) is 15.0. The Morgan fingerprint density at radius 3 is 1.64 bits per heavy atom. The fourth-order valence-electron chi connectivity index (χ4n) is 7.84. The van der Waals surface area contributed by atoms with E-state index in [2.05, 4.69) is 87.0 Å². The minimum atomic E-state index is -2.92. The second-order valence-corrected chi connectivity index (χ2v) is 16.4. The molecule has 0 saturated carbocycles. The van der Waals surface area contributed by atoms with Crippen LogP contribution in [0.3, 0.4) is 0 Å². The van der Waals surface area contributed by atoms with Crippen molar-refractivity contribution in [3.8, 4) is 0 Å². The highest BCUT2D eigenvalue weighted by atomic mass is 31.2. The van der Waals surface area contributed by atoms with Gasteiger partial charge in [0.1, 0.15) is 0 Å². The molecule has 0 spiro atoms. The van der Waals surface area contributed by atoms with Gasteiger partial charge < -0.3 is 15.4 Å². The van der Waals surface area contributed by atoms with Crippen LogP contribution >= 0.6 is 7.59 Å². The van der Waals surface area contributed by atoms with Crippen molar-refractivity contribution in [1.82, 2.24) is 24.6 Å². The number of piperidine rings is 2. The SMILES string of the molecule is CC1CN(C2CC(C)(C)NC(C)(C)C2)P(=O)(N2CCOCC2)N1C1CC(C)(C)NC(C)(C)C1. The number of hydrogen-bond donors (Lipinski definition) is 2. The number of hydrogen-bond acceptors (Lipinski definition) is 4. The van der Waals surface area contributed by atoms with E-state index < -0.39 is 7.59 Å². The first kappa shape index (κ1) is 26.1. The lowest BCUT2D eigenvalue weighted by Gasteiger charge is -2.54. The Morgan fingerprint density at radius 2 is 1.18 bits per heavy atom. The predicted molar refractivity (Wildman–Crippen MR) is 137 cm³/mol. The van der Waals surface area contributed by atoms with Gasteiger partial charge in [-0.2, -0.15) is 0 Å². The van der Waals surface area contributed by atoms with E-state index in [9.17, 15) is 0 Å². The summed E-state index contributed by atoms with van der Waals surface area (Å²) >= 11 is 0. The van der Waals surface area contributed by atoms with Crippen molar-refractivity contribution in [2.45, 2.75) is 128 Å². The van der Waals surface area contributed by atoms with E-state index in [1.807, 2.05) is 0 Å². The molecule has 0 amide bonds. The molecular formula is C25H50N5O2P. The number of rotatable bonds is 3. The molecule has 4 heterocycles. The Kier molecular flexibility index (Phi) is 6.74. The minimum absolute atomic E-state index is 0.0220. The summed E-state index contributed by atoms with van der Waals surface area (Å²) in [6, 6.07) is 0.877. The molecule has 0 radical (unpaired) electrons. The van der Waals surface area contributed by atoms with Crippen molar-refractivity contribution in [1.29, 1.82) is 0 Å². The first-order valence-corrected chi connectivity index (χ1v) is 14.7. The van der Waals surface area contributed by atoms with E-state index in [4.69, 9.17) is 4.74 Å². The topological polar surface area (TPSA) is 60.1 Å². The Labute approximate surface area is 202 Å². The van der Waals surface area contributed by atoms with E-state index in [-0.39, 0.29) is 28.2 Å². The Bertz CT molecular complexity index is 745. The maximum absolute atomic E-state index is 15.6. The van der Waals surface area contributed by atoms with Crippen LogP contribution in [0.4, 0.5) is 0 Å². The molecule has 2 unspecified atom stereocenters. The zero-order valence-corrected chi connectivity index (χ0v) is 23.6. The van der Waals surface area contributed by atoms with Gasteiger partial charge in [0.05, 0.1) is 13.2 Å². The maximum atomic E-state index is 15.6. The molecule has 33 heavy (non-hydrogen) atoms. The normalized spacial score (nSPS) is 38.5. The molecule has 4 aliphatic heterocycles. The van der Waals surface area contributed by atoms with E-state index in [0.717, 1.165) is 45.3 Å². The molecule has 4 rings (SSSR count). The van der Waals surface area contributed by atoms with Gasteiger partial charge in [0.25, 0.3) is 7.59 Å². The van der Waals surface area contributed by atoms with Gasteiger partial charge in [0.2, 0.25) is 0 Å². The van der Waals surface area contributed by atoms with Crippen molar-refractivity contribution in [3.63, 3.8) is 0 Å². The van der Waals surface area contributed by atoms with Crippen LogP contribution in [0.15, 0.2) is 0 Å². The summed E-state index contributed by atoms with van der Waals surface area (Å²) in [5.74, 6) is 0. The molecule has 2 N–H and O–H groups in total. The molecular weight excluding hydrogens is 433 g/mol. The molecule has 0 bridgehead atoms. The minimum Gasteiger partial charge on any atom is -0.379 e. The van der Waals surface area contributed by atoms with Gasteiger partial charge in [-0.15, -0.1) is 0 Å². The summed E-state index contributed by atoms with van der Waals surface area (Å²) in [7, 11) is -2.92. The lowest BCUT2D eigenvalue weighted by molar-refractivity contribution is 0.0560. The van der Waals surface area contributed by atoms with Crippen LogP contribution < -0.4 is 10.6 Å². The van der Waals surface area contributed by atoms with E-state index in [0.29, 0.717) is 25.3 Å². The Morgan fingerprint density at radius 1 is 0.758 bits per heavy atom. The lowest BCUT2D eigenvalue weighted by atomic mass is 9.79. The summed E-state index contributed by atoms with van der Waals surface area (Å²) < 4.78 is 28.5. The fourth-order valence-corrected chi connectivity index (χ4v) is 11.6. The van der Waals surface area contributed by atoms with Crippen LogP contribution in [0.25, 0.3) is 0 Å². The van der Waals surface area contributed by atoms with Crippen molar-refractivity contribution < 1.29 is 9.30 Å². The summed E-state index contributed by atoms with van der Waals surface area (Å²) in [4.78, 5) is 0.